The van der Waals surface area contributed by atoms with Gasteiger partial charge in [0.15, 0.2) is 5.96 Å². The largest absolute Gasteiger partial charge is 0.466 e. The fourth-order valence-electron chi connectivity index (χ4n) is 4.14. The first-order valence-electron chi connectivity index (χ1n) is 11.0. The lowest BCUT2D eigenvalue weighted by atomic mass is 9.97. The number of aromatic nitrogens is 1. The number of nitrogens with zero attached hydrogens (tertiary/aromatic N) is 4. The highest BCUT2D eigenvalue weighted by Gasteiger charge is 2.27. The monoisotopic (exact) mass is 401 g/mol. The Bertz CT molecular complexity index is 678. The number of nitrogens with one attached hydrogen (secondary N) is 1. The van der Waals surface area contributed by atoms with Gasteiger partial charge in [-0.15, -0.1) is 0 Å². The van der Waals surface area contributed by atoms with Crippen LogP contribution in [0.5, 0.6) is 0 Å². The first-order valence-corrected chi connectivity index (χ1v) is 11.0. The average molecular weight is 402 g/mol. The average Bonchev–Trinajstić information content (AvgIpc) is 3.05. The molecule has 0 unspecified atom stereocenters. The molecule has 160 valence electrons. The van der Waals surface area contributed by atoms with Crippen molar-refractivity contribution in [3.63, 3.8) is 0 Å². The number of ether oxygens (including phenoxy) is 1. The molecule has 0 aliphatic carbocycles. The zero-order valence-electron chi connectivity index (χ0n) is 17.9. The van der Waals surface area contributed by atoms with E-state index in [4.69, 9.17) is 4.74 Å². The van der Waals surface area contributed by atoms with Gasteiger partial charge in [-0.3, -0.25) is 9.79 Å². The molecule has 3 heterocycles. The molecule has 7 nitrogen and oxygen atoms in total. The number of carbonyl (C=O) groups excluding carboxylic acids is 1. The summed E-state index contributed by atoms with van der Waals surface area (Å²) >= 11 is 0. The minimum Gasteiger partial charge on any atom is -0.466 e. The van der Waals surface area contributed by atoms with Gasteiger partial charge in [0.25, 0.3) is 0 Å². The molecule has 2 fully saturated rings. The Kier molecular flexibility index (Phi) is 8.14. The van der Waals surface area contributed by atoms with Crippen molar-refractivity contribution in [2.24, 2.45) is 10.9 Å². The van der Waals surface area contributed by atoms with Crippen LogP contribution in [0.4, 0.5) is 5.82 Å². The second-order valence-corrected chi connectivity index (χ2v) is 7.84. The van der Waals surface area contributed by atoms with Crippen LogP contribution in [0.25, 0.3) is 0 Å². The fourth-order valence-corrected chi connectivity index (χ4v) is 4.14. The Morgan fingerprint density at radius 1 is 1.21 bits per heavy atom. The minimum absolute atomic E-state index is 0.0145. The molecule has 1 aromatic rings. The summed E-state index contributed by atoms with van der Waals surface area (Å²) in [5.74, 6) is 1.92. The van der Waals surface area contributed by atoms with Gasteiger partial charge < -0.3 is 19.9 Å². The molecule has 0 spiro atoms. The quantitative estimate of drug-likeness (QED) is 0.465. The molecule has 2 aliphatic heterocycles. The van der Waals surface area contributed by atoms with E-state index in [2.05, 4.69) is 37.2 Å². The molecule has 0 saturated carbocycles. The molecule has 2 aliphatic rings. The Morgan fingerprint density at radius 2 is 1.93 bits per heavy atom. The number of esters is 1. The number of guanidine groups is 1. The summed E-state index contributed by atoms with van der Waals surface area (Å²) in [6.07, 6.45) is 8.67. The van der Waals surface area contributed by atoms with Crippen molar-refractivity contribution < 1.29 is 9.53 Å². The lowest BCUT2D eigenvalue weighted by molar-refractivity contribution is -0.149. The fraction of sp³-hybridized carbons (Fsp3) is 0.682. The maximum atomic E-state index is 11.9. The van der Waals surface area contributed by atoms with E-state index >= 15 is 0 Å². The molecule has 7 heteroatoms. The number of carbonyl (C=O) groups is 1. The van der Waals surface area contributed by atoms with Gasteiger partial charge in [0, 0.05) is 46.0 Å². The normalized spacial score (nSPS) is 19.0. The van der Waals surface area contributed by atoms with Gasteiger partial charge in [-0.1, -0.05) is 12.8 Å². The molecular formula is C22H35N5O2. The number of rotatable bonds is 5. The molecule has 0 aromatic carbocycles. The highest BCUT2D eigenvalue weighted by Crippen LogP contribution is 2.20. The van der Waals surface area contributed by atoms with Crippen LogP contribution in [0.3, 0.4) is 0 Å². The Balaban J connectivity index is 1.52. The number of piperidine rings is 1. The predicted molar refractivity (Wildman–Crippen MR) is 116 cm³/mol. The van der Waals surface area contributed by atoms with Crippen molar-refractivity contribution in [1.29, 1.82) is 0 Å². The second-order valence-electron chi connectivity index (χ2n) is 7.84. The van der Waals surface area contributed by atoms with Crippen LogP contribution in [-0.2, 0) is 16.1 Å². The van der Waals surface area contributed by atoms with Crippen LogP contribution in [-0.4, -0.2) is 61.6 Å². The van der Waals surface area contributed by atoms with Gasteiger partial charge in [0.1, 0.15) is 5.82 Å². The van der Waals surface area contributed by atoms with Crippen molar-refractivity contribution in [3.05, 3.63) is 23.9 Å². The van der Waals surface area contributed by atoms with Gasteiger partial charge in [-0.2, -0.15) is 0 Å². The van der Waals surface area contributed by atoms with E-state index < -0.39 is 0 Å². The van der Waals surface area contributed by atoms with Gasteiger partial charge in [0.2, 0.25) is 0 Å². The third kappa shape index (κ3) is 6.08. The summed E-state index contributed by atoms with van der Waals surface area (Å²) in [6.45, 7) is 6.86. The van der Waals surface area contributed by atoms with Crippen LogP contribution in [0.2, 0.25) is 0 Å². The number of anilines is 1. The topological polar surface area (TPSA) is 70.1 Å². The molecule has 0 amide bonds. The van der Waals surface area contributed by atoms with E-state index in [0.29, 0.717) is 13.2 Å². The maximum Gasteiger partial charge on any atom is 0.309 e. The first-order chi connectivity index (χ1) is 14.2. The molecule has 1 N–H and O–H groups in total. The highest BCUT2D eigenvalue weighted by molar-refractivity contribution is 5.80. The van der Waals surface area contributed by atoms with Crippen molar-refractivity contribution >= 4 is 17.7 Å². The van der Waals surface area contributed by atoms with E-state index in [1.807, 2.05) is 20.2 Å². The third-order valence-corrected chi connectivity index (χ3v) is 5.82. The van der Waals surface area contributed by atoms with Crippen LogP contribution in [0, 0.1) is 5.92 Å². The van der Waals surface area contributed by atoms with Crippen LogP contribution < -0.4 is 10.2 Å². The Hall–Kier alpha value is -2.31. The second kappa shape index (κ2) is 11.0. The highest BCUT2D eigenvalue weighted by atomic mass is 16.5. The van der Waals surface area contributed by atoms with Crippen molar-refractivity contribution in [3.8, 4) is 0 Å². The van der Waals surface area contributed by atoms with Crippen molar-refractivity contribution in [2.45, 2.75) is 52.0 Å². The molecule has 0 bridgehead atoms. The summed E-state index contributed by atoms with van der Waals surface area (Å²) in [7, 11) is 1.81. The van der Waals surface area contributed by atoms with Gasteiger partial charge in [0.05, 0.1) is 12.5 Å². The summed E-state index contributed by atoms with van der Waals surface area (Å²) in [5.41, 5.74) is 1.21. The lowest BCUT2D eigenvalue weighted by Gasteiger charge is -2.33. The molecule has 0 radical (unpaired) electrons. The van der Waals surface area contributed by atoms with Crippen LogP contribution >= 0.6 is 0 Å². The SMILES string of the molecule is CCOC(=O)C1CCN(C(=NC)NCc2ccnc(N3CCCCCC3)c2)CC1. The van der Waals surface area contributed by atoms with Gasteiger partial charge >= 0.3 is 5.97 Å². The van der Waals surface area contributed by atoms with E-state index in [1.165, 1.54) is 31.2 Å². The predicted octanol–water partition coefficient (Wildman–Crippen LogP) is 2.81. The number of likely N-dealkylation sites (tertiary alicyclic amines) is 1. The standard InChI is InChI=1S/C22H35N5O2/c1-3-29-21(28)19-9-14-27(15-10-19)22(23-2)25-17-18-8-11-24-20(16-18)26-12-6-4-5-7-13-26/h8,11,16,19H,3-7,9-10,12-15,17H2,1-2H3,(H,23,25). The van der Waals surface area contributed by atoms with E-state index in [-0.39, 0.29) is 11.9 Å². The summed E-state index contributed by atoms with van der Waals surface area (Å²) in [4.78, 5) is 25.6. The van der Waals surface area contributed by atoms with E-state index in [1.54, 1.807) is 0 Å². The molecule has 29 heavy (non-hydrogen) atoms. The lowest BCUT2D eigenvalue weighted by Crippen LogP contribution is -2.46. The van der Waals surface area contributed by atoms with E-state index in [9.17, 15) is 4.79 Å². The summed E-state index contributed by atoms with van der Waals surface area (Å²) in [6, 6.07) is 4.26. The van der Waals surface area contributed by atoms with Crippen LogP contribution in [0.15, 0.2) is 23.3 Å². The zero-order valence-corrected chi connectivity index (χ0v) is 17.9. The summed E-state index contributed by atoms with van der Waals surface area (Å²) < 4.78 is 5.16. The molecule has 3 rings (SSSR count). The van der Waals surface area contributed by atoms with Gasteiger partial charge in [-0.25, -0.2) is 4.98 Å². The Labute approximate surface area is 174 Å². The molecular weight excluding hydrogens is 366 g/mol. The number of pyridine rings is 1. The smallest absolute Gasteiger partial charge is 0.309 e. The number of aliphatic imine (C=N–C) groups is 1. The zero-order chi connectivity index (χ0) is 20.5. The number of hydrogen-bond donors (Lipinski definition) is 1. The maximum absolute atomic E-state index is 11.9. The minimum atomic E-state index is -0.0621. The number of hydrogen-bond acceptors (Lipinski definition) is 5. The summed E-state index contributed by atoms with van der Waals surface area (Å²) in [5, 5.41) is 3.48. The molecule has 1 aromatic heterocycles. The van der Waals surface area contributed by atoms with Crippen LogP contribution in [0.1, 0.15) is 51.0 Å². The molecule has 0 atom stereocenters. The van der Waals surface area contributed by atoms with Crippen molar-refractivity contribution in [2.75, 3.05) is 44.7 Å². The molecule has 2 saturated heterocycles. The van der Waals surface area contributed by atoms with Crippen molar-refractivity contribution in [1.82, 2.24) is 15.2 Å². The first kappa shape index (κ1) is 21.4. The Morgan fingerprint density at radius 3 is 2.59 bits per heavy atom. The third-order valence-electron chi connectivity index (χ3n) is 5.82. The van der Waals surface area contributed by atoms with E-state index in [0.717, 1.165) is 50.8 Å². The van der Waals surface area contributed by atoms with Gasteiger partial charge in [-0.05, 0) is 50.3 Å².